The molecule has 0 aliphatic heterocycles. The Balaban J connectivity index is 2.37. The Morgan fingerprint density at radius 2 is 2.18 bits per heavy atom. The van der Waals surface area contributed by atoms with Crippen molar-refractivity contribution in [2.24, 2.45) is 0 Å². The first-order valence-electron chi connectivity index (χ1n) is 6.48. The standard InChI is InChI=1S/C14H19NO2/c1-2-3-4-8-15-13-7-5-6-11(13)9-12(10-16)14(15)17/h9-10H,2-8H2,1H3. The molecule has 3 nitrogen and oxygen atoms in total. The average molecular weight is 233 g/mol. The van der Waals surface area contributed by atoms with E-state index in [0.717, 1.165) is 50.8 Å². The van der Waals surface area contributed by atoms with Gasteiger partial charge >= 0.3 is 0 Å². The topological polar surface area (TPSA) is 39.1 Å². The van der Waals surface area contributed by atoms with Gasteiger partial charge in [0.05, 0.1) is 5.56 Å². The second kappa shape index (κ2) is 5.30. The van der Waals surface area contributed by atoms with Crippen LogP contribution in [0.2, 0.25) is 0 Å². The number of pyridine rings is 1. The van der Waals surface area contributed by atoms with Crippen LogP contribution in [0.25, 0.3) is 0 Å². The molecule has 0 radical (unpaired) electrons. The number of fused-ring (bicyclic) bond motifs is 1. The third kappa shape index (κ3) is 2.33. The zero-order valence-electron chi connectivity index (χ0n) is 10.4. The van der Waals surface area contributed by atoms with E-state index in [4.69, 9.17) is 0 Å². The molecule has 17 heavy (non-hydrogen) atoms. The molecule has 0 spiro atoms. The highest BCUT2D eigenvalue weighted by atomic mass is 16.1. The monoisotopic (exact) mass is 233 g/mol. The van der Waals surface area contributed by atoms with Gasteiger partial charge in [-0.1, -0.05) is 19.8 Å². The van der Waals surface area contributed by atoms with E-state index >= 15 is 0 Å². The quantitative estimate of drug-likeness (QED) is 0.578. The van der Waals surface area contributed by atoms with Crippen LogP contribution in [0.3, 0.4) is 0 Å². The molecule has 1 aliphatic carbocycles. The summed E-state index contributed by atoms with van der Waals surface area (Å²) in [4.78, 5) is 23.0. The van der Waals surface area contributed by atoms with Gasteiger partial charge in [0.15, 0.2) is 6.29 Å². The van der Waals surface area contributed by atoms with Crippen molar-refractivity contribution in [2.75, 3.05) is 0 Å². The van der Waals surface area contributed by atoms with Crippen molar-refractivity contribution in [3.8, 4) is 0 Å². The fourth-order valence-electron chi connectivity index (χ4n) is 2.58. The Labute approximate surface area is 101 Å². The molecule has 1 aromatic rings. The Kier molecular flexibility index (Phi) is 3.77. The van der Waals surface area contributed by atoms with Gasteiger partial charge in [-0.2, -0.15) is 0 Å². The van der Waals surface area contributed by atoms with Gasteiger partial charge in [0.25, 0.3) is 5.56 Å². The number of aromatic nitrogens is 1. The zero-order valence-corrected chi connectivity index (χ0v) is 10.4. The first kappa shape index (κ1) is 12.1. The van der Waals surface area contributed by atoms with Crippen LogP contribution in [0.1, 0.15) is 54.2 Å². The van der Waals surface area contributed by atoms with Crippen LogP contribution in [0.4, 0.5) is 0 Å². The number of aldehydes is 1. The molecule has 0 fully saturated rings. The maximum absolute atomic E-state index is 12.1. The van der Waals surface area contributed by atoms with Crippen molar-refractivity contribution in [3.63, 3.8) is 0 Å². The molecule has 0 saturated carbocycles. The lowest BCUT2D eigenvalue weighted by Crippen LogP contribution is -2.27. The minimum Gasteiger partial charge on any atom is -0.312 e. The second-order valence-corrected chi connectivity index (χ2v) is 4.71. The fraction of sp³-hybridized carbons (Fsp3) is 0.571. The van der Waals surface area contributed by atoms with Crippen molar-refractivity contribution in [3.05, 3.63) is 33.2 Å². The van der Waals surface area contributed by atoms with Crippen LogP contribution < -0.4 is 5.56 Å². The number of unbranched alkanes of at least 4 members (excludes halogenated alkanes) is 2. The molecule has 1 heterocycles. The number of aryl methyl sites for hydroxylation is 1. The Morgan fingerprint density at radius 1 is 1.35 bits per heavy atom. The lowest BCUT2D eigenvalue weighted by Gasteiger charge is -2.12. The summed E-state index contributed by atoms with van der Waals surface area (Å²) in [6.07, 6.45) is 7.07. The Hall–Kier alpha value is -1.38. The summed E-state index contributed by atoms with van der Waals surface area (Å²) in [7, 11) is 0. The number of rotatable bonds is 5. The Morgan fingerprint density at radius 3 is 2.88 bits per heavy atom. The van der Waals surface area contributed by atoms with Gasteiger partial charge in [0, 0.05) is 12.2 Å². The number of hydrogen-bond acceptors (Lipinski definition) is 2. The largest absolute Gasteiger partial charge is 0.312 e. The van der Waals surface area contributed by atoms with Crippen molar-refractivity contribution in [2.45, 2.75) is 52.0 Å². The molecule has 0 amide bonds. The molecule has 3 heteroatoms. The van der Waals surface area contributed by atoms with E-state index in [0.29, 0.717) is 11.8 Å². The van der Waals surface area contributed by atoms with Gasteiger partial charge in [-0.25, -0.2) is 0 Å². The Bertz CT molecular complexity index is 474. The van der Waals surface area contributed by atoms with Crippen LogP contribution >= 0.6 is 0 Å². The number of carbonyl (C=O) groups excluding carboxylic acids is 1. The first-order chi connectivity index (χ1) is 8.27. The van der Waals surface area contributed by atoms with E-state index in [2.05, 4.69) is 6.92 Å². The van der Waals surface area contributed by atoms with E-state index in [1.165, 1.54) is 5.56 Å². The molecule has 2 rings (SSSR count). The van der Waals surface area contributed by atoms with Gasteiger partial charge < -0.3 is 4.57 Å². The molecule has 0 unspecified atom stereocenters. The van der Waals surface area contributed by atoms with Crippen molar-refractivity contribution in [1.82, 2.24) is 4.57 Å². The minimum atomic E-state index is -0.100. The molecule has 92 valence electrons. The van der Waals surface area contributed by atoms with Gasteiger partial charge in [-0.15, -0.1) is 0 Å². The SMILES string of the molecule is CCCCCn1c2c(cc(C=O)c1=O)CCC2. The highest BCUT2D eigenvalue weighted by Gasteiger charge is 2.18. The van der Waals surface area contributed by atoms with Crippen LogP contribution in [0.5, 0.6) is 0 Å². The molecule has 1 aromatic heterocycles. The van der Waals surface area contributed by atoms with Crippen LogP contribution in [0.15, 0.2) is 10.9 Å². The lowest BCUT2D eigenvalue weighted by molar-refractivity contribution is 0.112. The zero-order chi connectivity index (χ0) is 12.3. The lowest BCUT2D eigenvalue weighted by atomic mass is 10.1. The molecule has 0 aromatic carbocycles. The van der Waals surface area contributed by atoms with Crippen molar-refractivity contribution >= 4 is 6.29 Å². The van der Waals surface area contributed by atoms with E-state index in [1.807, 2.05) is 4.57 Å². The van der Waals surface area contributed by atoms with E-state index in [9.17, 15) is 9.59 Å². The van der Waals surface area contributed by atoms with Gasteiger partial charge in [-0.3, -0.25) is 9.59 Å². The van der Waals surface area contributed by atoms with Crippen molar-refractivity contribution in [1.29, 1.82) is 0 Å². The number of carbonyl (C=O) groups is 1. The van der Waals surface area contributed by atoms with E-state index in [1.54, 1.807) is 6.07 Å². The summed E-state index contributed by atoms with van der Waals surface area (Å²) in [6.45, 7) is 2.91. The predicted molar refractivity (Wildman–Crippen MR) is 67.6 cm³/mol. The molecule has 0 saturated heterocycles. The van der Waals surface area contributed by atoms with Crippen LogP contribution in [-0.4, -0.2) is 10.9 Å². The summed E-state index contributed by atoms with van der Waals surface area (Å²) in [6, 6.07) is 1.79. The molecular weight excluding hydrogens is 214 g/mol. The fourth-order valence-corrected chi connectivity index (χ4v) is 2.58. The summed E-state index contributed by atoms with van der Waals surface area (Å²) < 4.78 is 1.84. The highest BCUT2D eigenvalue weighted by Crippen LogP contribution is 2.21. The van der Waals surface area contributed by atoms with Gasteiger partial charge in [-0.05, 0) is 37.3 Å². The van der Waals surface area contributed by atoms with E-state index in [-0.39, 0.29) is 5.56 Å². The molecule has 0 atom stereocenters. The van der Waals surface area contributed by atoms with Gasteiger partial charge in [0.2, 0.25) is 0 Å². The maximum atomic E-state index is 12.1. The summed E-state index contributed by atoms with van der Waals surface area (Å²) >= 11 is 0. The summed E-state index contributed by atoms with van der Waals surface area (Å²) in [5, 5.41) is 0. The predicted octanol–water partition coefficient (Wildman–Crippen LogP) is 2.34. The van der Waals surface area contributed by atoms with Crippen LogP contribution in [0, 0.1) is 0 Å². The minimum absolute atomic E-state index is 0.100. The summed E-state index contributed by atoms with van der Waals surface area (Å²) in [5.74, 6) is 0. The van der Waals surface area contributed by atoms with E-state index < -0.39 is 0 Å². The third-order valence-electron chi connectivity index (χ3n) is 3.49. The first-order valence-corrected chi connectivity index (χ1v) is 6.48. The number of nitrogens with zero attached hydrogens (tertiary/aromatic N) is 1. The highest BCUT2D eigenvalue weighted by molar-refractivity contribution is 5.74. The van der Waals surface area contributed by atoms with Crippen molar-refractivity contribution < 1.29 is 4.79 Å². The summed E-state index contributed by atoms with van der Waals surface area (Å²) in [5.41, 5.74) is 2.58. The molecular formula is C14H19NO2. The maximum Gasteiger partial charge on any atom is 0.261 e. The molecule has 1 aliphatic rings. The average Bonchev–Trinajstić information content (AvgIpc) is 2.79. The third-order valence-corrected chi connectivity index (χ3v) is 3.49. The second-order valence-electron chi connectivity index (χ2n) is 4.71. The molecule has 0 bridgehead atoms. The van der Waals surface area contributed by atoms with Crippen LogP contribution in [-0.2, 0) is 19.4 Å². The normalized spacial score (nSPS) is 13.7. The molecule has 0 N–H and O–H groups in total. The number of hydrogen-bond donors (Lipinski definition) is 0. The smallest absolute Gasteiger partial charge is 0.261 e. The van der Waals surface area contributed by atoms with Gasteiger partial charge in [0.1, 0.15) is 0 Å².